The topological polar surface area (TPSA) is 66.5 Å². The molecule has 0 aliphatic rings. The van der Waals surface area contributed by atoms with Crippen molar-refractivity contribution >= 4 is 38.9 Å². The van der Waals surface area contributed by atoms with Gasteiger partial charge in [-0.3, -0.25) is 9.10 Å². The highest BCUT2D eigenvalue weighted by molar-refractivity contribution is 7.92. The molecule has 0 atom stereocenters. The fourth-order valence-electron chi connectivity index (χ4n) is 2.38. The minimum atomic E-state index is -4.57. The quantitative estimate of drug-likeness (QED) is 0.779. The van der Waals surface area contributed by atoms with Crippen LogP contribution in [-0.4, -0.2) is 27.1 Å². The second-order valence-corrected chi connectivity index (χ2v) is 7.94. The highest BCUT2D eigenvalue weighted by atomic mass is 35.5. The van der Waals surface area contributed by atoms with Gasteiger partial charge in [-0.2, -0.15) is 13.2 Å². The molecule has 0 aliphatic carbocycles. The number of carbonyl (C=O) groups is 1. The SMILES string of the molecule is CCN(c1ccc(C(=O)Nc2cc(C(F)(F)F)ccc2Cl)cc1)S(C)(=O)=O. The van der Waals surface area contributed by atoms with Crippen LogP contribution < -0.4 is 9.62 Å². The summed E-state index contributed by atoms with van der Waals surface area (Å²) < 4.78 is 63.0. The first-order valence-electron chi connectivity index (χ1n) is 7.69. The van der Waals surface area contributed by atoms with E-state index in [0.29, 0.717) is 5.69 Å². The summed E-state index contributed by atoms with van der Waals surface area (Å²) in [7, 11) is -3.47. The molecule has 0 bridgehead atoms. The number of nitrogens with one attached hydrogen (secondary N) is 1. The highest BCUT2D eigenvalue weighted by Crippen LogP contribution is 2.34. The Kier molecular flexibility index (Phi) is 6.06. The van der Waals surface area contributed by atoms with Crippen LogP contribution in [0.1, 0.15) is 22.8 Å². The smallest absolute Gasteiger partial charge is 0.321 e. The first-order chi connectivity index (χ1) is 12.4. The van der Waals surface area contributed by atoms with Gasteiger partial charge in [0.25, 0.3) is 5.91 Å². The van der Waals surface area contributed by atoms with Crippen molar-refractivity contribution in [1.29, 1.82) is 0 Å². The normalized spacial score (nSPS) is 11.9. The van der Waals surface area contributed by atoms with Crippen LogP contribution in [0.15, 0.2) is 42.5 Å². The van der Waals surface area contributed by atoms with Crippen LogP contribution in [-0.2, 0) is 16.2 Å². The molecule has 0 unspecified atom stereocenters. The molecular formula is C17H16ClF3N2O3S. The van der Waals surface area contributed by atoms with E-state index in [1.807, 2.05) is 0 Å². The lowest BCUT2D eigenvalue weighted by Crippen LogP contribution is -2.29. The van der Waals surface area contributed by atoms with E-state index >= 15 is 0 Å². The van der Waals surface area contributed by atoms with Gasteiger partial charge in [0.1, 0.15) is 0 Å². The van der Waals surface area contributed by atoms with E-state index in [2.05, 4.69) is 5.32 Å². The van der Waals surface area contributed by atoms with Gasteiger partial charge in [0.2, 0.25) is 10.0 Å². The van der Waals surface area contributed by atoms with Gasteiger partial charge in [0.05, 0.1) is 28.2 Å². The molecule has 0 saturated carbocycles. The molecule has 0 aliphatic heterocycles. The summed E-state index contributed by atoms with van der Waals surface area (Å²) in [5, 5.41) is 2.29. The first-order valence-corrected chi connectivity index (χ1v) is 9.92. The molecule has 1 N–H and O–H groups in total. The number of sulfonamides is 1. The molecule has 2 aromatic rings. The van der Waals surface area contributed by atoms with Crippen LogP contribution in [0.3, 0.4) is 0 Å². The predicted molar refractivity (Wildman–Crippen MR) is 98.7 cm³/mol. The van der Waals surface area contributed by atoms with Crippen molar-refractivity contribution in [1.82, 2.24) is 0 Å². The van der Waals surface area contributed by atoms with Gasteiger partial charge in [0, 0.05) is 12.1 Å². The molecule has 5 nitrogen and oxygen atoms in total. The molecule has 0 fully saturated rings. The number of amides is 1. The van der Waals surface area contributed by atoms with E-state index in [-0.39, 0.29) is 22.8 Å². The average molecular weight is 421 g/mol. The third-order valence-corrected chi connectivity index (χ3v) is 5.25. The van der Waals surface area contributed by atoms with Crippen LogP contribution in [0.4, 0.5) is 24.5 Å². The summed E-state index contributed by atoms with van der Waals surface area (Å²) in [6.07, 6.45) is -3.51. The zero-order chi connectivity index (χ0) is 20.4. The summed E-state index contributed by atoms with van der Waals surface area (Å²) in [5.74, 6) is -0.676. The van der Waals surface area contributed by atoms with Crippen molar-refractivity contribution in [3.8, 4) is 0 Å². The molecule has 10 heteroatoms. The Labute approximate surface area is 159 Å². The van der Waals surface area contributed by atoms with Gasteiger partial charge < -0.3 is 5.32 Å². The Bertz CT molecular complexity index is 945. The second-order valence-electron chi connectivity index (χ2n) is 5.62. The molecule has 0 radical (unpaired) electrons. The lowest BCUT2D eigenvalue weighted by atomic mass is 10.1. The average Bonchev–Trinajstić information content (AvgIpc) is 2.55. The third kappa shape index (κ3) is 5.14. The van der Waals surface area contributed by atoms with E-state index in [1.165, 1.54) is 24.3 Å². The number of carbonyl (C=O) groups excluding carboxylic acids is 1. The summed E-state index contributed by atoms with van der Waals surface area (Å²) in [6, 6.07) is 8.24. The number of halogens is 4. The summed E-state index contributed by atoms with van der Waals surface area (Å²) in [4.78, 5) is 12.3. The van der Waals surface area contributed by atoms with Gasteiger partial charge >= 0.3 is 6.18 Å². The Hall–Kier alpha value is -2.26. The van der Waals surface area contributed by atoms with E-state index in [0.717, 1.165) is 28.8 Å². The number of rotatable bonds is 5. The highest BCUT2D eigenvalue weighted by Gasteiger charge is 2.31. The van der Waals surface area contributed by atoms with Gasteiger partial charge in [-0.15, -0.1) is 0 Å². The molecule has 0 saturated heterocycles. The number of hydrogen-bond acceptors (Lipinski definition) is 3. The van der Waals surface area contributed by atoms with Crippen molar-refractivity contribution in [2.45, 2.75) is 13.1 Å². The van der Waals surface area contributed by atoms with E-state index in [9.17, 15) is 26.4 Å². The zero-order valence-corrected chi connectivity index (χ0v) is 15.9. The van der Waals surface area contributed by atoms with Crippen molar-refractivity contribution in [2.24, 2.45) is 0 Å². The molecule has 1 amide bonds. The molecule has 2 aromatic carbocycles. The van der Waals surface area contributed by atoms with Crippen LogP contribution in [0, 0.1) is 0 Å². The van der Waals surface area contributed by atoms with Gasteiger partial charge in [-0.25, -0.2) is 8.42 Å². The van der Waals surface area contributed by atoms with Gasteiger partial charge in [-0.05, 0) is 49.4 Å². The maximum Gasteiger partial charge on any atom is 0.416 e. The summed E-state index contributed by atoms with van der Waals surface area (Å²) in [5.41, 5.74) is -0.610. The Morgan fingerprint density at radius 3 is 2.22 bits per heavy atom. The standard InChI is InChI=1S/C17H16ClF3N2O3S/c1-3-23(27(2,25)26)13-7-4-11(5-8-13)16(24)22-15-10-12(17(19,20)21)6-9-14(15)18/h4-10H,3H2,1-2H3,(H,22,24). The summed E-state index contributed by atoms with van der Waals surface area (Å²) >= 11 is 5.86. The molecule has 0 aromatic heterocycles. The minimum absolute atomic E-state index is 0.0396. The largest absolute Gasteiger partial charge is 0.416 e. The number of alkyl halides is 3. The van der Waals surface area contributed by atoms with Crippen molar-refractivity contribution in [3.63, 3.8) is 0 Å². The lowest BCUT2D eigenvalue weighted by Gasteiger charge is -2.20. The van der Waals surface area contributed by atoms with Crippen LogP contribution in [0.5, 0.6) is 0 Å². The van der Waals surface area contributed by atoms with Gasteiger partial charge in [-0.1, -0.05) is 11.6 Å². The van der Waals surface area contributed by atoms with E-state index < -0.39 is 27.7 Å². The van der Waals surface area contributed by atoms with Crippen LogP contribution in [0.2, 0.25) is 5.02 Å². The number of hydrogen-bond donors (Lipinski definition) is 1. The van der Waals surface area contributed by atoms with Crippen LogP contribution in [0.25, 0.3) is 0 Å². The number of nitrogens with zero attached hydrogens (tertiary/aromatic N) is 1. The molecular weight excluding hydrogens is 405 g/mol. The maximum absolute atomic E-state index is 12.8. The molecule has 0 spiro atoms. The molecule has 2 rings (SSSR count). The fraction of sp³-hybridized carbons (Fsp3) is 0.235. The number of benzene rings is 2. The Balaban J connectivity index is 2.25. The monoisotopic (exact) mass is 420 g/mol. The maximum atomic E-state index is 12.8. The lowest BCUT2D eigenvalue weighted by molar-refractivity contribution is -0.137. The van der Waals surface area contributed by atoms with Gasteiger partial charge in [0.15, 0.2) is 0 Å². The molecule has 0 heterocycles. The number of anilines is 2. The first kappa shape index (κ1) is 21.0. The fourth-order valence-corrected chi connectivity index (χ4v) is 3.52. The van der Waals surface area contributed by atoms with Crippen molar-refractivity contribution < 1.29 is 26.4 Å². The Morgan fingerprint density at radius 1 is 1.15 bits per heavy atom. The Morgan fingerprint density at radius 2 is 1.74 bits per heavy atom. The minimum Gasteiger partial charge on any atom is -0.321 e. The van der Waals surface area contributed by atoms with Crippen LogP contribution >= 0.6 is 11.6 Å². The van der Waals surface area contributed by atoms with Crippen molar-refractivity contribution in [3.05, 3.63) is 58.6 Å². The molecule has 146 valence electrons. The second kappa shape index (κ2) is 7.77. The van der Waals surface area contributed by atoms with E-state index in [1.54, 1.807) is 6.92 Å². The zero-order valence-electron chi connectivity index (χ0n) is 14.3. The molecule has 27 heavy (non-hydrogen) atoms. The van der Waals surface area contributed by atoms with E-state index in [4.69, 9.17) is 11.6 Å². The third-order valence-electron chi connectivity index (χ3n) is 3.65. The van der Waals surface area contributed by atoms with Crippen molar-refractivity contribution in [2.75, 3.05) is 22.4 Å². The predicted octanol–water partition coefficient (Wildman–Crippen LogP) is 4.40. The summed E-state index contributed by atoms with van der Waals surface area (Å²) in [6.45, 7) is 1.88.